The molecule has 144 valence electrons. The molecule has 27 heavy (non-hydrogen) atoms. The Balaban J connectivity index is 1.58. The van der Waals surface area contributed by atoms with E-state index in [1.165, 1.54) is 30.0 Å². The number of rotatable bonds is 7. The average molecular weight is 406 g/mol. The summed E-state index contributed by atoms with van der Waals surface area (Å²) in [7, 11) is 2.73. The molecule has 2 aliphatic rings. The summed E-state index contributed by atoms with van der Waals surface area (Å²) in [5.74, 6) is 0.871. The molecule has 0 bridgehead atoms. The van der Waals surface area contributed by atoms with Gasteiger partial charge in [0.05, 0.1) is 10.9 Å². The lowest BCUT2D eigenvalue weighted by Crippen LogP contribution is -2.16. The highest BCUT2D eigenvalue weighted by Gasteiger charge is 2.22. The molecule has 0 aromatic heterocycles. The second-order valence-corrected chi connectivity index (χ2v) is 8.37. The van der Waals surface area contributed by atoms with Crippen molar-refractivity contribution in [3.63, 3.8) is 0 Å². The molecule has 2 atom stereocenters. The number of hydrogen-bond donors (Lipinski definition) is 3. The van der Waals surface area contributed by atoms with Crippen LogP contribution in [0.4, 0.5) is 10.1 Å². The number of halogens is 1. The van der Waals surface area contributed by atoms with E-state index in [0.717, 1.165) is 43.1 Å². The van der Waals surface area contributed by atoms with Crippen LogP contribution in [-0.2, 0) is 11.3 Å². The molecule has 1 aromatic carbocycles. The Bertz CT molecular complexity index is 812. The topological polar surface area (TPSA) is 61.4 Å². The lowest BCUT2D eigenvalue weighted by atomic mass is 9.93. The zero-order valence-electron chi connectivity index (χ0n) is 15.1. The molecular formula is C20H24FN2O2PS. The van der Waals surface area contributed by atoms with E-state index < -0.39 is 0 Å². The van der Waals surface area contributed by atoms with E-state index in [9.17, 15) is 14.3 Å². The van der Waals surface area contributed by atoms with E-state index in [4.69, 9.17) is 0 Å². The van der Waals surface area contributed by atoms with Gasteiger partial charge in [-0.1, -0.05) is 21.4 Å². The molecule has 7 heteroatoms. The number of allylic oxidation sites excluding steroid dienone is 3. The van der Waals surface area contributed by atoms with Gasteiger partial charge in [-0.15, -0.1) is 0 Å². The van der Waals surface area contributed by atoms with Crippen molar-refractivity contribution >= 4 is 32.8 Å². The van der Waals surface area contributed by atoms with E-state index in [2.05, 4.69) is 19.3 Å². The van der Waals surface area contributed by atoms with Crippen LogP contribution >= 0.6 is 21.2 Å². The van der Waals surface area contributed by atoms with Crippen LogP contribution in [-0.4, -0.2) is 16.3 Å². The molecule has 3 rings (SSSR count). The van der Waals surface area contributed by atoms with Crippen LogP contribution in [0.1, 0.15) is 44.1 Å². The molecule has 0 heterocycles. The van der Waals surface area contributed by atoms with Gasteiger partial charge in [0, 0.05) is 17.6 Å². The number of hydrogen-bond acceptors (Lipinski definition) is 5. The summed E-state index contributed by atoms with van der Waals surface area (Å²) in [5, 5.41) is 12.9. The van der Waals surface area contributed by atoms with Crippen molar-refractivity contribution in [1.29, 1.82) is 0 Å². The number of nitrogens with one attached hydrogen (secondary N) is 2. The van der Waals surface area contributed by atoms with Gasteiger partial charge in [-0.2, -0.15) is 0 Å². The van der Waals surface area contributed by atoms with Gasteiger partial charge in [0.2, 0.25) is 5.76 Å². The minimum atomic E-state index is -0.357. The molecule has 0 saturated heterocycles. The molecule has 1 aromatic rings. The maximum atomic E-state index is 14.4. The lowest BCUT2D eigenvalue weighted by molar-refractivity contribution is 0.415. The maximum Gasteiger partial charge on any atom is 0.205 e. The molecule has 0 spiro atoms. The van der Waals surface area contributed by atoms with Gasteiger partial charge in [0.25, 0.3) is 0 Å². The van der Waals surface area contributed by atoms with Crippen LogP contribution in [0, 0.1) is 5.82 Å². The molecular weight excluding hydrogens is 382 g/mol. The standard InChI is InChI=1S/C20H24FN2O2PS/c21-16-10-13(11-22-20(26)14-4-3-5-14)8-9-17(16)23-27-19-7-2-1-6-15(19)18(25)12-24/h6,8-10,19,22-23,25H,1-5,7,11,26H2. The number of carbonyl (C=O) groups excluding carboxylic acids is 1. The predicted molar refractivity (Wildman–Crippen MR) is 113 cm³/mol. The van der Waals surface area contributed by atoms with Gasteiger partial charge < -0.3 is 15.1 Å². The summed E-state index contributed by atoms with van der Waals surface area (Å²) in [6.45, 7) is 0.584. The predicted octanol–water partition coefficient (Wildman–Crippen LogP) is 5.00. The normalized spacial score (nSPS) is 18.8. The molecule has 0 radical (unpaired) electrons. The van der Waals surface area contributed by atoms with Crippen LogP contribution in [0.2, 0.25) is 0 Å². The van der Waals surface area contributed by atoms with E-state index in [1.54, 1.807) is 12.0 Å². The third kappa shape index (κ3) is 5.16. The monoisotopic (exact) mass is 406 g/mol. The van der Waals surface area contributed by atoms with Crippen molar-refractivity contribution in [1.82, 2.24) is 5.32 Å². The second kappa shape index (κ2) is 9.45. The van der Waals surface area contributed by atoms with Crippen LogP contribution in [0.5, 0.6) is 0 Å². The van der Waals surface area contributed by atoms with Crippen LogP contribution in [0.25, 0.3) is 0 Å². The average Bonchev–Trinajstić information content (AvgIpc) is 2.64. The van der Waals surface area contributed by atoms with Gasteiger partial charge in [-0.3, -0.25) is 0 Å². The van der Waals surface area contributed by atoms with Crippen molar-refractivity contribution in [3.8, 4) is 0 Å². The van der Waals surface area contributed by atoms with Crippen molar-refractivity contribution in [2.75, 3.05) is 4.72 Å². The summed E-state index contributed by atoms with van der Waals surface area (Å²) < 4.78 is 17.5. The fourth-order valence-corrected chi connectivity index (χ4v) is 4.55. The van der Waals surface area contributed by atoms with Crippen molar-refractivity contribution < 1.29 is 14.3 Å². The van der Waals surface area contributed by atoms with E-state index in [1.807, 2.05) is 12.1 Å². The number of anilines is 1. The fraction of sp³-hybridized carbons (Fsp3) is 0.400. The Kier molecular flexibility index (Phi) is 7.01. The molecule has 0 amide bonds. The Morgan fingerprint density at radius 3 is 2.85 bits per heavy atom. The quantitative estimate of drug-likeness (QED) is 0.258. The largest absolute Gasteiger partial charge is 0.499 e. The summed E-state index contributed by atoms with van der Waals surface area (Å²) in [4.78, 5) is 10.7. The summed E-state index contributed by atoms with van der Waals surface area (Å²) in [6, 6.07) is 5.14. The minimum absolute atomic E-state index is 0.102. The van der Waals surface area contributed by atoms with Crippen molar-refractivity contribution in [2.45, 2.75) is 50.3 Å². The van der Waals surface area contributed by atoms with Gasteiger partial charge in [-0.25, -0.2) is 9.18 Å². The highest BCUT2D eigenvalue weighted by atomic mass is 32.2. The molecule has 2 unspecified atom stereocenters. The van der Waals surface area contributed by atoms with E-state index >= 15 is 0 Å². The van der Waals surface area contributed by atoms with Crippen molar-refractivity contribution in [3.05, 3.63) is 58.0 Å². The number of benzene rings is 1. The fourth-order valence-electron chi connectivity index (χ4n) is 3.11. The third-order valence-corrected chi connectivity index (χ3v) is 6.64. The summed E-state index contributed by atoms with van der Waals surface area (Å²) in [6.07, 6.45) is 7.99. The van der Waals surface area contributed by atoms with E-state index in [0.29, 0.717) is 17.8 Å². The van der Waals surface area contributed by atoms with Gasteiger partial charge in [-0.05, 0) is 73.7 Å². The Morgan fingerprint density at radius 2 is 2.19 bits per heavy atom. The van der Waals surface area contributed by atoms with Gasteiger partial charge >= 0.3 is 0 Å². The Hall–Kier alpha value is -1.74. The zero-order valence-corrected chi connectivity index (χ0v) is 17.0. The van der Waals surface area contributed by atoms with Crippen molar-refractivity contribution in [2.24, 2.45) is 0 Å². The SMILES string of the molecule is O=C=C(O)C1=CCCCC1SNc1ccc(CNC(P)=C2CCC2)cc1F. The lowest BCUT2D eigenvalue weighted by Gasteiger charge is -2.23. The van der Waals surface area contributed by atoms with Gasteiger partial charge in [0.15, 0.2) is 5.94 Å². The highest BCUT2D eigenvalue weighted by Crippen LogP contribution is 2.33. The first-order valence-electron chi connectivity index (χ1n) is 9.14. The zero-order chi connectivity index (χ0) is 19.2. The molecule has 3 N–H and O–H groups in total. The molecule has 0 aliphatic heterocycles. The first-order valence-corrected chi connectivity index (χ1v) is 10.6. The van der Waals surface area contributed by atoms with E-state index in [-0.39, 0.29) is 16.8 Å². The van der Waals surface area contributed by atoms with Crippen LogP contribution in [0.3, 0.4) is 0 Å². The smallest absolute Gasteiger partial charge is 0.205 e. The third-order valence-electron chi connectivity index (χ3n) is 4.92. The Morgan fingerprint density at radius 1 is 1.37 bits per heavy atom. The first kappa shape index (κ1) is 20.0. The van der Waals surface area contributed by atoms with Crippen LogP contribution < -0.4 is 10.0 Å². The second-order valence-electron chi connectivity index (χ2n) is 6.79. The number of aliphatic hydroxyl groups excluding tert-OH is 1. The van der Waals surface area contributed by atoms with Crippen LogP contribution in [0.15, 0.2) is 46.6 Å². The summed E-state index contributed by atoms with van der Waals surface area (Å²) in [5.41, 5.74) is 4.40. The number of aliphatic hydroxyl groups is 1. The molecule has 1 saturated carbocycles. The highest BCUT2D eigenvalue weighted by molar-refractivity contribution is 8.01. The van der Waals surface area contributed by atoms with Gasteiger partial charge in [0.1, 0.15) is 5.82 Å². The summed E-state index contributed by atoms with van der Waals surface area (Å²) >= 11 is 1.31. The molecule has 4 nitrogen and oxygen atoms in total. The Labute approximate surface area is 165 Å². The maximum absolute atomic E-state index is 14.4. The first-order chi connectivity index (χ1) is 13.1. The molecule has 2 aliphatic carbocycles. The minimum Gasteiger partial charge on any atom is -0.499 e. The molecule has 1 fully saturated rings.